The van der Waals surface area contributed by atoms with Crippen molar-refractivity contribution in [3.8, 4) is 0 Å². The lowest BCUT2D eigenvalue weighted by molar-refractivity contribution is 0.473. The van der Waals surface area contributed by atoms with Crippen LogP contribution >= 0.6 is 11.8 Å². The monoisotopic (exact) mass is 211 g/mol. The Hall–Kier alpha value is -0.410. The van der Waals surface area contributed by atoms with Gasteiger partial charge in [0.05, 0.1) is 0 Å². The summed E-state index contributed by atoms with van der Waals surface area (Å²) in [5, 5.41) is 3.61. The quantitative estimate of drug-likeness (QED) is 0.773. The summed E-state index contributed by atoms with van der Waals surface area (Å²) in [6, 6.07) is 3.24. The molecule has 2 atom stereocenters. The van der Waals surface area contributed by atoms with Crippen LogP contribution in [-0.2, 0) is 0 Å². The predicted octanol–water partition coefficient (Wildman–Crippen LogP) is 2.66. The van der Waals surface area contributed by atoms with Crippen molar-refractivity contribution in [3.63, 3.8) is 0 Å². The molecule has 78 valence electrons. The lowest BCUT2D eigenvalue weighted by Gasteiger charge is -2.28. The molecule has 1 aromatic heterocycles. The van der Waals surface area contributed by atoms with Gasteiger partial charge in [-0.05, 0) is 26.8 Å². The molecule has 14 heavy (non-hydrogen) atoms. The van der Waals surface area contributed by atoms with Crippen molar-refractivity contribution in [3.05, 3.63) is 23.2 Å². The standard InChI is InChI=1S/C11H17NOS/c1-7-5-14-6-11(12-7)10-4-8(2)13-9(10)3/h4,7,11-12H,5-6H2,1-3H3. The smallest absolute Gasteiger partial charge is 0.105 e. The summed E-state index contributed by atoms with van der Waals surface area (Å²) in [6.45, 7) is 6.30. The van der Waals surface area contributed by atoms with Gasteiger partial charge < -0.3 is 9.73 Å². The maximum Gasteiger partial charge on any atom is 0.105 e. The van der Waals surface area contributed by atoms with Crippen molar-refractivity contribution >= 4 is 11.8 Å². The molecule has 0 aliphatic carbocycles. The fourth-order valence-electron chi connectivity index (χ4n) is 1.98. The molecule has 0 saturated carbocycles. The molecule has 1 aromatic rings. The van der Waals surface area contributed by atoms with E-state index in [1.54, 1.807) is 0 Å². The third-order valence-electron chi connectivity index (χ3n) is 2.59. The summed E-state index contributed by atoms with van der Waals surface area (Å²) >= 11 is 2.02. The van der Waals surface area contributed by atoms with Crippen molar-refractivity contribution in [2.24, 2.45) is 0 Å². The number of hydrogen-bond donors (Lipinski definition) is 1. The second-order valence-electron chi connectivity index (χ2n) is 4.03. The molecule has 1 aliphatic heterocycles. The van der Waals surface area contributed by atoms with E-state index >= 15 is 0 Å². The van der Waals surface area contributed by atoms with Crippen molar-refractivity contribution in [1.82, 2.24) is 5.32 Å². The summed E-state index contributed by atoms with van der Waals surface area (Å²) in [5.41, 5.74) is 1.33. The second-order valence-corrected chi connectivity index (χ2v) is 5.10. The van der Waals surface area contributed by atoms with Crippen LogP contribution in [0.1, 0.15) is 30.0 Å². The first-order chi connectivity index (χ1) is 6.66. The fraction of sp³-hybridized carbons (Fsp3) is 0.636. The molecule has 0 bridgehead atoms. The number of aryl methyl sites for hydroxylation is 2. The first kappa shape index (κ1) is 10.1. The van der Waals surface area contributed by atoms with Gasteiger partial charge in [-0.3, -0.25) is 0 Å². The molecule has 2 nitrogen and oxygen atoms in total. The zero-order chi connectivity index (χ0) is 10.1. The molecular weight excluding hydrogens is 194 g/mol. The summed E-state index contributed by atoms with van der Waals surface area (Å²) in [6.07, 6.45) is 0. The van der Waals surface area contributed by atoms with Crippen LogP contribution < -0.4 is 5.32 Å². The maximum atomic E-state index is 5.55. The second kappa shape index (κ2) is 3.99. The van der Waals surface area contributed by atoms with Gasteiger partial charge in [-0.1, -0.05) is 0 Å². The molecule has 0 amide bonds. The SMILES string of the molecule is Cc1cc(C2CSCC(C)N2)c(C)o1. The van der Waals surface area contributed by atoms with Gasteiger partial charge in [-0.25, -0.2) is 0 Å². The number of thioether (sulfide) groups is 1. The third-order valence-corrected chi connectivity index (χ3v) is 3.90. The molecule has 1 fully saturated rings. The normalized spacial score (nSPS) is 27.9. The third kappa shape index (κ3) is 1.98. The maximum absolute atomic E-state index is 5.55. The Kier molecular flexibility index (Phi) is 2.88. The summed E-state index contributed by atoms with van der Waals surface area (Å²) in [7, 11) is 0. The van der Waals surface area contributed by atoms with Crippen LogP contribution in [0.5, 0.6) is 0 Å². The molecule has 3 heteroatoms. The highest BCUT2D eigenvalue weighted by atomic mass is 32.2. The van der Waals surface area contributed by atoms with Gasteiger partial charge >= 0.3 is 0 Å². The zero-order valence-electron chi connectivity index (χ0n) is 8.96. The van der Waals surface area contributed by atoms with Gasteiger partial charge in [0, 0.05) is 29.2 Å². The van der Waals surface area contributed by atoms with E-state index in [1.165, 1.54) is 11.3 Å². The van der Waals surface area contributed by atoms with Crippen LogP contribution in [0.3, 0.4) is 0 Å². The first-order valence-electron chi connectivity index (χ1n) is 5.07. The van der Waals surface area contributed by atoms with Gasteiger partial charge in [-0.2, -0.15) is 11.8 Å². The Morgan fingerprint density at radius 3 is 2.79 bits per heavy atom. The van der Waals surface area contributed by atoms with Crippen LogP contribution in [-0.4, -0.2) is 17.5 Å². The van der Waals surface area contributed by atoms with Gasteiger partial charge in [0.2, 0.25) is 0 Å². The van der Waals surface area contributed by atoms with E-state index in [0.717, 1.165) is 17.3 Å². The Balaban J connectivity index is 2.17. The van der Waals surface area contributed by atoms with Crippen LogP contribution in [0.15, 0.2) is 10.5 Å². The van der Waals surface area contributed by atoms with Crippen molar-refractivity contribution < 1.29 is 4.42 Å². The average Bonchev–Trinajstić information content (AvgIpc) is 2.45. The molecule has 1 N–H and O–H groups in total. The highest BCUT2D eigenvalue weighted by Gasteiger charge is 2.22. The van der Waals surface area contributed by atoms with Crippen molar-refractivity contribution in [1.29, 1.82) is 0 Å². The molecule has 1 saturated heterocycles. The molecule has 2 unspecified atom stereocenters. The van der Waals surface area contributed by atoms with Gasteiger partial charge in [0.1, 0.15) is 11.5 Å². The zero-order valence-corrected chi connectivity index (χ0v) is 9.78. The van der Waals surface area contributed by atoms with Gasteiger partial charge in [0.15, 0.2) is 0 Å². The Morgan fingerprint density at radius 1 is 1.43 bits per heavy atom. The molecule has 0 aromatic carbocycles. The Morgan fingerprint density at radius 2 is 2.21 bits per heavy atom. The molecule has 2 heterocycles. The fourth-order valence-corrected chi connectivity index (χ4v) is 3.08. The molecular formula is C11H17NOS. The summed E-state index contributed by atoms with van der Waals surface area (Å²) in [5.74, 6) is 4.45. The van der Waals surface area contributed by atoms with Gasteiger partial charge in [-0.15, -0.1) is 0 Å². The first-order valence-corrected chi connectivity index (χ1v) is 6.23. The molecule has 0 radical (unpaired) electrons. The van der Waals surface area contributed by atoms with E-state index in [2.05, 4.69) is 18.3 Å². The Bertz CT molecular complexity index is 321. The number of furan rings is 1. The minimum absolute atomic E-state index is 0.473. The lowest BCUT2D eigenvalue weighted by Crippen LogP contribution is -2.37. The van der Waals surface area contributed by atoms with Crippen LogP contribution in [0.4, 0.5) is 0 Å². The van der Waals surface area contributed by atoms with E-state index in [-0.39, 0.29) is 0 Å². The molecule has 2 rings (SSSR count). The molecule has 0 spiro atoms. The number of rotatable bonds is 1. The topological polar surface area (TPSA) is 25.2 Å². The minimum Gasteiger partial charge on any atom is -0.466 e. The highest BCUT2D eigenvalue weighted by Crippen LogP contribution is 2.28. The number of hydrogen-bond acceptors (Lipinski definition) is 3. The van der Waals surface area contributed by atoms with Crippen LogP contribution in [0.25, 0.3) is 0 Å². The van der Waals surface area contributed by atoms with Gasteiger partial charge in [0.25, 0.3) is 0 Å². The van der Waals surface area contributed by atoms with E-state index in [9.17, 15) is 0 Å². The summed E-state index contributed by atoms with van der Waals surface area (Å²) in [4.78, 5) is 0. The predicted molar refractivity (Wildman–Crippen MR) is 60.8 cm³/mol. The Labute approximate surface area is 89.4 Å². The van der Waals surface area contributed by atoms with Crippen molar-refractivity contribution in [2.45, 2.75) is 32.9 Å². The minimum atomic E-state index is 0.473. The summed E-state index contributed by atoms with van der Waals surface area (Å²) < 4.78 is 5.55. The van der Waals surface area contributed by atoms with Crippen LogP contribution in [0.2, 0.25) is 0 Å². The number of nitrogens with one attached hydrogen (secondary N) is 1. The molecule has 1 aliphatic rings. The van der Waals surface area contributed by atoms with Crippen molar-refractivity contribution in [2.75, 3.05) is 11.5 Å². The highest BCUT2D eigenvalue weighted by molar-refractivity contribution is 7.99. The largest absolute Gasteiger partial charge is 0.466 e. The van der Waals surface area contributed by atoms with E-state index < -0.39 is 0 Å². The van der Waals surface area contributed by atoms with Crippen LogP contribution in [0, 0.1) is 13.8 Å². The average molecular weight is 211 g/mol. The van der Waals surface area contributed by atoms with E-state index in [1.807, 2.05) is 25.6 Å². The van der Waals surface area contributed by atoms with E-state index in [4.69, 9.17) is 4.42 Å². The van der Waals surface area contributed by atoms with E-state index in [0.29, 0.717) is 12.1 Å². The lowest BCUT2D eigenvalue weighted by atomic mass is 10.1.